The average Bonchev–Trinajstić information content (AvgIpc) is 2.63. The van der Waals surface area contributed by atoms with E-state index in [1.807, 2.05) is 13.8 Å². The zero-order chi connectivity index (χ0) is 21.3. The van der Waals surface area contributed by atoms with E-state index in [0.717, 1.165) is 9.37 Å². The molecule has 0 aliphatic carbocycles. The molecule has 1 aliphatic heterocycles. The van der Waals surface area contributed by atoms with Gasteiger partial charge in [-0.15, -0.1) is 0 Å². The Morgan fingerprint density at radius 1 is 1.14 bits per heavy atom. The molecule has 2 aromatic rings. The summed E-state index contributed by atoms with van der Waals surface area (Å²) in [5.74, 6) is -0.996. The van der Waals surface area contributed by atoms with E-state index in [2.05, 4.69) is 21.2 Å². The molecule has 0 saturated carbocycles. The van der Waals surface area contributed by atoms with Gasteiger partial charge in [0.15, 0.2) is 0 Å². The minimum Gasteiger partial charge on any atom is -0.490 e. The molecular weight excluding hydrogens is 460 g/mol. The zero-order valence-electron chi connectivity index (χ0n) is 16.0. The minimum absolute atomic E-state index is 0.101. The number of imide groups is 2. The van der Waals surface area contributed by atoms with Crippen molar-refractivity contribution in [2.45, 2.75) is 26.9 Å². The number of urea groups is 1. The van der Waals surface area contributed by atoms with Gasteiger partial charge in [-0.2, -0.15) is 0 Å². The third-order valence-corrected chi connectivity index (χ3v) is 4.88. The van der Waals surface area contributed by atoms with E-state index >= 15 is 0 Å². The van der Waals surface area contributed by atoms with Crippen LogP contribution in [0.15, 0.2) is 46.4 Å². The SMILES string of the molecule is Cc1ccc(Cl)cc1N1C(=O)NC(=O)/C(=C\c2cc(Br)ccc2OC(C)C)C1=O. The van der Waals surface area contributed by atoms with Crippen molar-refractivity contribution in [1.82, 2.24) is 5.32 Å². The predicted molar refractivity (Wildman–Crippen MR) is 115 cm³/mol. The normalized spacial score (nSPS) is 15.9. The van der Waals surface area contributed by atoms with Gasteiger partial charge in [-0.3, -0.25) is 14.9 Å². The zero-order valence-corrected chi connectivity index (χ0v) is 18.3. The summed E-state index contributed by atoms with van der Waals surface area (Å²) < 4.78 is 6.53. The topological polar surface area (TPSA) is 75.7 Å². The van der Waals surface area contributed by atoms with Crippen molar-refractivity contribution < 1.29 is 19.1 Å². The second-order valence-corrected chi connectivity index (χ2v) is 8.09. The monoisotopic (exact) mass is 476 g/mol. The Balaban J connectivity index is 2.09. The van der Waals surface area contributed by atoms with Crippen molar-refractivity contribution in [3.63, 3.8) is 0 Å². The lowest BCUT2D eigenvalue weighted by Crippen LogP contribution is -2.54. The number of carbonyl (C=O) groups is 3. The molecule has 0 aromatic heterocycles. The lowest BCUT2D eigenvalue weighted by molar-refractivity contribution is -0.122. The maximum absolute atomic E-state index is 13.1. The fourth-order valence-electron chi connectivity index (χ4n) is 2.85. The van der Waals surface area contributed by atoms with Gasteiger partial charge in [0, 0.05) is 15.1 Å². The van der Waals surface area contributed by atoms with Crippen molar-refractivity contribution in [3.05, 3.63) is 62.6 Å². The molecule has 2 aromatic carbocycles. The van der Waals surface area contributed by atoms with Crippen LogP contribution in [0.4, 0.5) is 10.5 Å². The Labute approximate surface area is 181 Å². The summed E-state index contributed by atoms with van der Waals surface area (Å²) in [7, 11) is 0. The van der Waals surface area contributed by atoms with Gasteiger partial charge in [-0.05, 0) is 62.7 Å². The second-order valence-electron chi connectivity index (χ2n) is 6.74. The predicted octanol–water partition coefficient (Wildman–Crippen LogP) is 4.86. The van der Waals surface area contributed by atoms with E-state index in [0.29, 0.717) is 27.6 Å². The number of benzene rings is 2. The summed E-state index contributed by atoms with van der Waals surface area (Å²) in [6.07, 6.45) is 1.32. The minimum atomic E-state index is -0.824. The maximum Gasteiger partial charge on any atom is 0.335 e. The second kappa shape index (κ2) is 8.39. The summed E-state index contributed by atoms with van der Waals surface area (Å²) in [5.41, 5.74) is 1.32. The fourth-order valence-corrected chi connectivity index (χ4v) is 3.39. The molecule has 0 bridgehead atoms. The number of nitrogens with zero attached hydrogens (tertiary/aromatic N) is 1. The van der Waals surface area contributed by atoms with Gasteiger partial charge in [0.25, 0.3) is 11.8 Å². The molecular formula is C21H18BrClN2O4. The molecule has 1 heterocycles. The number of nitrogens with one attached hydrogen (secondary N) is 1. The van der Waals surface area contributed by atoms with Crippen LogP contribution in [0.25, 0.3) is 6.08 Å². The van der Waals surface area contributed by atoms with E-state index in [1.165, 1.54) is 12.1 Å². The highest BCUT2D eigenvalue weighted by molar-refractivity contribution is 9.10. The van der Waals surface area contributed by atoms with Crippen molar-refractivity contribution >= 4 is 57.1 Å². The Hall–Kier alpha value is -2.64. The summed E-state index contributed by atoms with van der Waals surface area (Å²) in [5, 5.41) is 2.58. The lowest BCUT2D eigenvalue weighted by Gasteiger charge is -2.27. The first-order chi connectivity index (χ1) is 13.7. The van der Waals surface area contributed by atoms with Crippen LogP contribution in [0, 0.1) is 6.92 Å². The highest BCUT2D eigenvalue weighted by Gasteiger charge is 2.37. The lowest BCUT2D eigenvalue weighted by atomic mass is 10.0. The van der Waals surface area contributed by atoms with Crippen molar-refractivity contribution in [2.75, 3.05) is 4.90 Å². The first-order valence-corrected chi connectivity index (χ1v) is 9.98. The molecule has 1 fully saturated rings. The molecule has 4 amide bonds. The molecule has 1 aliphatic rings. The quantitative estimate of drug-likeness (QED) is 0.504. The maximum atomic E-state index is 13.1. The number of ether oxygens (including phenoxy) is 1. The van der Waals surface area contributed by atoms with E-state index < -0.39 is 17.8 Å². The molecule has 1 N–H and O–H groups in total. The van der Waals surface area contributed by atoms with E-state index in [9.17, 15) is 14.4 Å². The number of hydrogen-bond acceptors (Lipinski definition) is 4. The summed E-state index contributed by atoms with van der Waals surface area (Å²) >= 11 is 9.42. The highest BCUT2D eigenvalue weighted by atomic mass is 79.9. The van der Waals surface area contributed by atoms with Gasteiger partial charge in [0.05, 0.1) is 11.8 Å². The molecule has 0 atom stereocenters. The summed E-state index contributed by atoms with van der Waals surface area (Å²) in [6.45, 7) is 5.49. The molecule has 0 unspecified atom stereocenters. The van der Waals surface area contributed by atoms with Gasteiger partial charge in [-0.1, -0.05) is 33.6 Å². The summed E-state index contributed by atoms with van der Waals surface area (Å²) in [4.78, 5) is 38.9. The third-order valence-electron chi connectivity index (χ3n) is 4.15. The van der Waals surface area contributed by atoms with Crippen molar-refractivity contribution in [3.8, 4) is 5.75 Å². The van der Waals surface area contributed by atoms with Gasteiger partial charge < -0.3 is 4.74 Å². The third kappa shape index (κ3) is 4.52. The van der Waals surface area contributed by atoms with Crippen LogP contribution >= 0.6 is 27.5 Å². The first-order valence-electron chi connectivity index (χ1n) is 8.81. The van der Waals surface area contributed by atoms with Crippen LogP contribution in [0.3, 0.4) is 0 Å². The Morgan fingerprint density at radius 2 is 1.86 bits per heavy atom. The molecule has 150 valence electrons. The van der Waals surface area contributed by atoms with Crippen LogP contribution in [0.1, 0.15) is 25.0 Å². The molecule has 6 nitrogen and oxygen atoms in total. The first kappa shape index (κ1) is 21.1. The number of carbonyl (C=O) groups excluding carboxylic acids is 3. The van der Waals surface area contributed by atoms with Crippen LogP contribution in [-0.2, 0) is 9.59 Å². The van der Waals surface area contributed by atoms with Gasteiger partial charge in [0.1, 0.15) is 11.3 Å². The number of halogens is 2. The van der Waals surface area contributed by atoms with Crippen molar-refractivity contribution in [2.24, 2.45) is 0 Å². The summed E-state index contributed by atoms with van der Waals surface area (Å²) in [6, 6.07) is 9.31. The van der Waals surface area contributed by atoms with Gasteiger partial charge >= 0.3 is 6.03 Å². The molecule has 1 saturated heterocycles. The van der Waals surface area contributed by atoms with Gasteiger partial charge in [0.2, 0.25) is 0 Å². The smallest absolute Gasteiger partial charge is 0.335 e. The number of rotatable bonds is 4. The van der Waals surface area contributed by atoms with Crippen LogP contribution in [0.2, 0.25) is 5.02 Å². The number of amides is 4. The number of barbiturate groups is 1. The number of hydrogen-bond donors (Lipinski definition) is 1. The highest BCUT2D eigenvalue weighted by Crippen LogP contribution is 2.30. The van der Waals surface area contributed by atoms with Crippen LogP contribution < -0.4 is 15.0 Å². The fraction of sp³-hybridized carbons (Fsp3) is 0.190. The Kier molecular flexibility index (Phi) is 6.10. The largest absolute Gasteiger partial charge is 0.490 e. The molecule has 3 rings (SSSR count). The number of anilines is 1. The van der Waals surface area contributed by atoms with Crippen LogP contribution in [-0.4, -0.2) is 23.9 Å². The number of aryl methyl sites for hydroxylation is 1. The van der Waals surface area contributed by atoms with E-state index in [-0.39, 0.29) is 11.7 Å². The standard InChI is InChI=1S/C21H18BrClN2O4/c1-11(2)29-18-7-5-14(22)8-13(18)9-16-19(26)24-21(28)25(20(16)27)17-10-15(23)6-4-12(17)3/h4-11H,1-3H3,(H,24,26,28)/b16-9+. The van der Waals surface area contributed by atoms with E-state index in [4.69, 9.17) is 16.3 Å². The molecule has 0 radical (unpaired) electrons. The average molecular weight is 478 g/mol. The molecule has 29 heavy (non-hydrogen) atoms. The van der Waals surface area contributed by atoms with Gasteiger partial charge in [-0.25, -0.2) is 9.69 Å². The molecule has 8 heteroatoms. The van der Waals surface area contributed by atoms with Crippen LogP contribution in [0.5, 0.6) is 5.75 Å². The Morgan fingerprint density at radius 3 is 2.55 bits per heavy atom. The Bertz CT molecular complexity index is 1050. The van der Waals surface area contributed by atoms with E-state index in [1.54, 1.807) is 37.3 Å². The molecule has 0 spiro atoms. The van der Waals surface area contributed by atoms with Crippen molar-refractivity contribution in [1.29, 1.82) is 0 Å².